The third-order valence-corrected chi connectivity index (χ3v) is 6.54. The molecule has 2 aromatic carbocycles. The Morgan fingerprint density at radius 3 is 2.65 bits per heavy atom. The molecule has 2 heterocycles. The SMILES string of the molecule is CCOC(=O)[C@H]1CCCCN1CC(=O)N1N=C(c2cccc(OC)c2)C[C@H]1c1ccc(C)cc1. The maximum atomic E-state index is 13.6. The number of ether oxygens (including phenoxy) is 2. The predicted octanol–water partition coefficient (Wildman–Crippen LogP) is 4.10. The molecule has 7 heteroatoms. The maximum absolute atomic E-state index is 13.6. The van der Waals surface area contributed by atoms with E-state index in [1.54, 1.807) is 19.0 Å². The topological polar surface area (TPSA) is 71.4 Å². The van der Waals surface area contributed by atoms with Gasteiger partial charge in [-0.15, -0.1) is 0 Å². The molecule has 0 radical (unpaired) electrons. The fraction of sp³-hybridized carbons (Fsp3) is 0.444. The number of rotatable bonds is 7. The van der Waals surface area contributed by atoms with Crippen molar-refractivity contribution in [1.29, 1.82) is 0 Å². The van der Waals surface area contributed by atoms with Crippen molar-refractivity contribution in [3.8, 4) is 5.75 Å². The molecule has 0 unspecified atom stereocenters. The van der Waals surface area contributed by atoms with Crippen molar-refractivity contribution in [3.05, 3.63) is 65.2 Å². The average molecular weight is 464 g/mol. The zero-order valence-electron chi connectivity index (χ0n) is 20.2. The zero-order valence-corrected chi connectivity index (χ0v) is 20.2. The van der Waals surface area contributed by atoms with E-state index in [-0.39, 0.29) is 30.5 Å². The average Bonchev–Trinajstić information content (AvgIpc) is 3.31. The van der Waals surface area contributed by atoms with Gasteiger partial charge in [0.15, 0.2) is 0 Å². The second-order valence-electron chi connectivity index (χ2n) is 8.88. The van der Waals surface area contributed by atoms with Crippen molar-refractivity contribution < 1.29 is 19.1 Å². The quantitative estimate of drug-likeness (QED) is 0.578. The first-order valence-corrected chi connectivity index (χ1v) is 12.0. The van der Waals surface area contributed by atoms with Crippen molar-refractivity contribution in [2.45, 2.75) is 51.6 Å². The molecule has 0 saturated carbocycles. The Labute approximate surface area is 201 Å². The molecule has 1 fully saturated rings. The predicted molar refractivity (Wildman–Crippen MR) is 131 cm³/mol. The Morgan fingerprint density at radius 1 is 1.12 bits per heavy atom. The molecule has 0 bridgehead atoms. The molecule has 0 spiro atoms. The van der Waals surface area contributed by atoms with Crippen LogP contribution in [0.25, 0.3) is 0 Å². The van der Waals surface area contributed by atoms with Crippen LogP contribution >= 0.6 is 0 Å². The number of amides is 1. The molecule has 1 amide bonds. The maximum Gasteiger partial charge on any atom is 0.323 e. The Balaban J connectivity index is 1.60. The number of aryl methyl sites for hydroxylation is 1. The Morgan fingerprint density at radius 2 is 1.91 bits per heavy atom. The fourth-order valence-electron chi connectivity index (χ4n) is 4.70. The first kappa shape index (κ1) is 24.0. The number of esters is 1. The van der Waals surface area contributed by atoms with E-state index < -0.39 is 0 Å². The van der Waals surface area contributed by atoms with Crippen molar-refractivity contribution in [3.63, 3.8) is 0 Å². The highest BCUT2D eigenvalue weighted by atomic mass is 16.5. The highest BCUT2D eigenvalue weighted by molar-refractivity contribution is 6.03. The standard InChI is InChI=1S/C27H33N3O4/c1-4-34-27(32)24-10-5-6-15-29(24)18-26(31)30-25(20-13-11-19(2)12-14-20)17-23(28-30)21-8-7-9-22(16-21)33-3/h7-9,11-14,16,24-25H,4-6,10,15,17-18H2,1-3H3/t24-,25+/m1/s1. The lowest BCUT2D eigenvalue weighted by molar-refractivity contribution is -0.152. The normalized spacial score (nSPS) is 20.7. The van der Waals surface area contributed by atoms with Gasteiger partial charge in [0.05, 0.1) is 32.0 Å². The second-order valence-corrected chi connectivity index (χ2v) is 8.88. The minimum absolute atomic E-state index is 0.111. The summed E-state index contributed by atoms with van der Waals surface area (Å²) in [5, 5.41) is 6.40. The monoisotopic (exact) mass is 463 g/mol. The first-order valence-electron chi connectivity index (χ1n) is 12.0. The molecule has 4 rings (SSSR count). The van der Waals surface area contributed by atoms with Crippen molar-refractivity contribution >= 4 is 17.6 Å². The van der Waals surface area contributed by atoms with Crippen LogP contribution in [0, 0.1) is 6.92 Å². The number of hydrazone groups is 1. The summed E-state index contributed by atoms with van der Waals surface area (Å²) in [5.41, 5.74) is 3.99. The lowest BCUT2D eigenvalue weighted by atomic mass is 9.97. The van der Waals surface area contributed by atoms with Gasteiger partial charge in [0.25, 0.3) is 5.91 Å². The highest BCUT2D eigenvalue weighted by Gasteiger charge is 2.37. The largest absolute Gasteiger partial charge is 0.497 e. The van der Waals surface area contributed by atoms with E-state index in [9.17, 15) is 9.59 Å². The highest BCUT2D eigenvalue weighted by Crippen LogP contribution is 2.34. The molecule has 34 heavy (non-hydrogen) atoms. The van der Waals surface area contributed by atoms with E-state index in [1.807, 2.05) is 36.1 Å². The van der Waals surface area contributed by atoms with Gasteiger partial charge in [-0.05, 0) is 50.9 Å². The van der Waals surface area contributed by atoms with Crippen LogP contribution in [0.4, 0.5) is 0 Å². The van der Waals surface area contributed by atoms with E-state index in [4.69, 9.17) is 14.6 Å². The van der Waals surface area contributed by atoms with E-state index in [2.05, 4.69) is 24.3 Å². The molecule has 7 nitrogen and oxygen atoms in total. The van der Waals surface area contributed by atoms with Gasteiger partial charge >= 0.3 is 5.97 Å². The van der Waals surface area contributed by atoms with Crippen LogP contribution in [0.15, 0.2) is 53.6 Å². The summed E-state index contributed by atoms with van der Waals surface area (Å²) in [6, 6.07) is 15.4. The number of piperidine rings is 1. The molecule has 1 saturated heterocycles. The summed E-state index contributed by atoms with van der Waals surface area (Å²) < 4.78 is 10.7. The van der Waals surface area contributed by atoms with E-state index in [1.165, 1.54) is 5.56 Å². The second kappa shape index (κ2) is 10.8. The fourth-order valence-corrected chi connectivity index (χ4v) is 4.70. The molecule has 2 aromatic rings. The van der Waals surface area contributed by atoms with Gasteiger partial charge in [-0.2, -0.15) is 5.10 Å². The summed E-state index contributed by atoms with van der Waals surface area (Å²) in [5.74, 6) is 0.397. The van der Waals surface area contributed by atoms with Gasteiger partial charge in [-0.3, -0.25) is 14.5 Å². The van der Waals surface area contributed by atoms with Crippen LogP contribution in [0.1, 0.15) is 55.3 Å². The number of methoxy groups -OCH3 is 1. The van der Waals surface area contributed by atoms with E-state index >= 15 is 0 Å². The van der Waals surface area contributed by atoms with Crippen molar-refractivity contribution in [2.75, 3.05) is 26.8 Å². The van der Waals surface area contributed by atoms with E-state index in [0.29, 0.717) is 26.0 Å². The molecule has 0 aliphatic carbocycles. The zero-order chi connectivity index (χ0) is 24.1. The van der Waals surface area contributed by atoms with Gasteiger partial charge in [0.2, 0.25) is 0 Å². The number of nitrogens with zero attached hydrogens (tertiary/aromatic N) is 3. The summed E-state index contributed by atoms with van der Waals surface area (Å²) in [7, 11) is 1.64. The Kier molecular flexibility index (Phi) is 7.63. The van der Waals surface area contributed by atoms with Gasteiger partial charge in [-0.25, -0.2) is 5.01 Å². The summed E-state index contributed by atoms with van der Waals surface area (Å²) in [4.78, 5) is 28.0. The smallest absolute Gasteiger partial charge is 0.323 e. The number of carbonyl (C=O) groups excluding carboxylic acids is 2. The lowest BCUT2D eigenvalue weighted by Crippen LogP contribution is -2.49. The van der Waals surface area contributed by atoms with Crippen LogP contribution in [0.2, 0.25) is 0 Å². The van der Waals surface area contributed by atoms with E-state index in [0.717, 1.165) is 35.4 Å². The molecular formula is C27H33N3O4. The minimum Gasteiger partial charge on any atom is -0.497 e. The van der Waals surface area contributed by atoms with Gasteiger partial charge in [0, 0.05) is 12.0 Å². The van der Waals surface area contributed by atoms with Crippen LogP contribution in [-0.2, 0) is 14.3 Å². The first-order chi connectivity index (χ1) is 16.5. The van der Waals surface area contributed by atoms with Gasteiger partial charge < -0.3 is 9.47 Å². The Hall–Kier alpha value is -3.19. The molecule has 2 aliphatic heterocycles. The number of carbonyl (C=O) groups is 2. The molecule has 180 valence electrons. The van der Waals surface area contributed by atoms with Crippen LogP contribution in [0.5, 0.6) is 5.75 Å². The third-order valence-electron chi connectivity index (χ3n) is 6.54. The molecule has 2 atom stereocenters. The van der Waals surface area contributed by atoms with Crippen molar-refractivity contribution in [1.82, 2.24) is 9.91 Å². The molecule has 2 aliphatic rings. The minimum atomic E-state index is -0.375. The number of benzene rings is 2. The summed E-state index contributed by atoms with van der Waals surface area (Å²) >= 11 is 0. The van der Waals surface area contributed by atoms with Crippen LogP contribution < -0.4 is 4.74 Å². The number of likely N-dealkylation sites (tertiary alicyclic amines) is 1. The van der Waals surface area contributed by atoms with Gasteiger partial charge in [-0.1, -0.05) is 48.4 Å². The Bertz CT molecular complexity index is 1050. The van der Waals surface area contributed by atoms with Crippen LogP contribution in [-0.4, -0.2) is 60.3 Å². The van der Waals surface area contributed by atoms with Crippen molar-refractivity contribution in [2.24, 2.45) is 5.10 Å². The summed E-state index contributed by atoms with van der Waals surface area (Å²) in [6.07, 6.45) is 3.25. The number of hydrogen-bond donors (Lipinski definition) is 0. The summed E-state index contributed by atoms with van der Waals surface area (Å²) in [6.45, 7) is 5.03. The van der Waals surface area contributed by atoms with Gasteiger partial charge in [0.1, 0.15) is 11.8 Å². The molecular weight excluding hydrogens is 430 g/mol. The van der Waals surface area contributed by atoms with Crippen LogP contribution in [0.3, 0.4) is 0 Å². The molecule has 0 aromatic heterocycles. The number of hydrogen-bond acceptors (Lipinski definition) is 6. The molecule has 0 N–H and O–H groups in total. The lowest BCUT2D eigenvalue weighted by Gasteiger charge is -2.34. The third kappa shape index (κ3) is 5.30.